The number of H-pyrrole nitrogens is 1. The lowest BCUT2D eigenvalue weighted by Gasteiger charge is -2.06. The summed E-state index contributed by atoms with van der Waals surface area (Å²) in [7, 11) is 0. The number of fused-ring (bicyclic) bond motifs is 1. The highest BCUT2D eigenvalue weighted by Gasteiger charge is 2.01. The number of hydrogen-bond donors (Lipinski definition) is 2. The van der Waals surface area contributed by atoms with Gasteiger partial charge in [0.05, 0.1) is 17.1 Å². The van der Waals surface area contributed by atoms with Crippen LogP contribution in [0.3, 0.4) is 0 Å². The summed E-state index contributed by atoms with van der Waals surface area (Å²) >= 11 is 0. The van der Waals surface area contributed by atoms with Gasteiger partial charge in [-0.05, 0) is 47.5 Å². The number of rotatable bonds is 6. The smallest absolute Gasteiger partial charge is 0.260 e. The van der Waals surface area contributed by atoms with Crippen LogP contribution in [-0.2, 0) is 6.61 Å². The van der Waals surface area contributed by atoms with Crippen molar-refractivity contribution in [1.82, 2.24) is 9.97 Å². The van der Waals surface area contributed by atoms with Crippen LogP contribution in [0.5, 0.6) is 5.75 Å². The van der Waals surface area contributed by atoms with Gasteiger partial charge in [-0.2, -0.15) is 5.10 Å². The number of hydrogen-bond acceptors (Lipinski definition) is 5. The molecule has 6 heteroatoms. The minimum Gasteiger partial charge on any atom is -0.489 e. The molecule has 0 aliphatic carbocycles. The minimum atomic E-state index is -0.205. The molecule has 0 saturated carbocycles. The first-order valence-corrected chi connectivity index (χ1v) is 8.83. The van der Waals surface area contributed by atoms with E-state index < -0.39 is 0 Å². The van der Waals surface area contributed by atoms with Crippen molar-refractivity contribution < 1.29 is 4.74 Å². The van der Waals surface area contributed by atoms with Crippen molar-refractivity contribution in [2.24, 2.45) is 5.10 Å². The van der Waals surface area contributed by atoms with Crippen molar-refractivity contribution in [2.75, 3.05) is 5.43 Å². The molecular formula is C22H18N4O2. The van der Waals surface area contributed by atoms with Gasteiger partial charge < -0.3 is 4.74 Å². The predicted octanol–water partition coefficient (Wildman–Crippen LogP) is 3.95. The van der Waals surface area contributed by atoms with Gasteiger partial charge in [-0.3, -0.25) is 9.78 Å². The number of nitrogens with zero attached hydrogens (tertiary/aromatic N) is 2. The maximum Gasteiger partial charge on any atom is 0.260 e. The Kier molecular flexibility index (Phi) is 5.11. The maximum atomic E-state index is 12.0. The molecule has 1 heterocycles. The van der Waals surface area contributed by atoms with Gasteiger partial charge in [0.15, 0.2) is 0 Å². The standard InChI is InChI=1S/C22H18N4O2/c27-21-19-8-4-5-9-20(19)24-22(25-21)26-23-14-16-10-12-18(13-11-16)28-15-17-6-2-1-3-7-17/h1-14H,15H2,(H2,24,25,26,27)/b23-14-. The SMILES string of the molecule is O=c1[nH]c(N/N=C\c2ccc(OCc3ccccc3)cc2)nc2ccccc12. The number of nitrogens with one attached hydrogen (secondary N) is 2. The third-order valence-electron chi connectivity index (χ3n) is 4.13. The van der Waals surface area contributed by atoms with Crippen LogP contribution in [0.4, 0.5) is 5.95 Å². The van der Waals surface area contributed by atoms with Crippen molar-refractivity contribution in [1.29, 1.82) is 0 Å². The van der Waals surface area contributed by atoms with E-state index in [9.17, 15) is 4.79 Å². The molecule has 6 nitrogen and oxygen atoms in total. The number of ether oxygens (including phenoxy) is 1. The summed E-state index contributed by atoms with van der Waals surface area (Å²) in [6.45, 7) is 0.525. The Balaban J connectivity index is 1.38. The highest BCUT2D eigenvalue weighted by atomic mass is 16.5. The average molecular weight is 370 g/mol. The van der Waals surface area contributed by atoms with Gasteiger partial charge in [-0.15, -0.1) is 0 Å². The fraction of sp³-hybridized carbons (Fsp3) is 0.0455. The molecule has 0 spiro atoms. The van der Waals surface area contributed by atoms with Crippen LogP contribution in [0.1, 0.15) is 11.1 Å². The Hall–Kier alpha value is -3.93. The molecule has 0 aliphatic rings. The minimum absolute atomic E-state index is 0.205. The first kappa shape index (κ1) is 17.5. The summed E-state index contributed by atoms with van der Waals surface area (Å²) in [5.41, 5.74) is 5.18. The Labute approximate surface area is 161 Å². The Bertz CT molecular complexity index is 1150. The summed E-state index contributed by atoms with van der Waals surface area (Å²) in [6, 6.07) is 24.8. The van der Waals surface area contributed by atoms with Crippen molar-refractivity contribution in [3.8, 4) is 5.75 Å². The van der Waals surface area contributed by atoms with Gasteiger partial charge in [0, 0.05) is 0 Å². The van der Waals surface area contributed by atoms with E-state index in [2.05, 4.69) is 20.5 Å². The van der Waals surface area contributed by atoms with Crippen LogP contribution in [0.25, 0.3) is 10.9 Å². The van der Waals surface area contributed by atoms with Crippen molar-refractivity contribution >= 4 is 23.1 Å². The molecule has 1 aromatic heterocycles. The molecule has 0 atom stereocenters. The zero-order valence-corrected chi connectivity index (χ0v) is 15.0. The fourth-order valence-electron chi connectivity index (χ4n) is 2.70. The normalized spacial score (nSPS) is 11.0. The van der Waals surface area contributed by atoms with E-state index in [1.807, 2.05) is 60.7 Å². The lowest BCUT2D eigenvalue weighted by Crippen LogP contribution is -2.10. The molecule has 4 aromatic rings. The summed E-state index contributed by atoms with van der Waals surface area (Å²) in [5, 5.41) is 4.68. The zero-order valence-electron chi connectivity index (χ0n) is 15.0. The molecule has 0 saturated heterocycles. The summed E-state index contributed by atoms with van der Waals surface area (Å²) in [4.78, 5) is 19.0. The van der Waals surface area contributed by atoms with Gasteiger partial charge in [-0.1, -0.05) is 42.5 Å². The second-order valence-electron chi connectivity index (χ2n) is 6.14. The molecule has 3 aromatic carbocycles. The van der Waals surface area contributed by atoms with Gasteiger partial charge in [0.25, 0.3) is 5.56 Å². The third-order valence-corrected chi connectivity index (χ3v) is 4.13. The molecule has 0 amide bonds. The number of para-hydroxylation sites is 1. The summed E-state index contributed by atoms with van der Waals surface area (Å²) in [6.07, 6.45) is 1.65. The molecule has 0 aliphatic heterocycles. The monoisotopic (exact) mass is 370 g/mol. The average Bonchev–Trinajstić information content (AvgIpc) is 2.74. The summed E-state index contributed by atoms with van der Waals surface area (Å²) in [5.74, 6) is 1.08. The predicted molar refractivity (Wildman–Crippen MR) is 111 cm³/mol. The van der Waals surface area contributed by atoms with Crippen LogP contribution in [-0.4, -0.2) is 16.2 Å². The largest absolute Gasteiger partial charge is 0.489 e. The number of aromatic nitrogens is 2. The van der Waals surface area contributed by atoms with Crippen LogP contribution >= 0.6 is 0 Å². The quantitative estimate of drug-likeness (QED) is 0.398. The van der Waals surface area contributed by atoms with Gasteiger partial charge in [0.1, 0.15) is 12.4 Å². The molecule has 0 fully saturated rings. The molecule has 138 valence electrons. The van der Waals surface area contributed by atoms with Gasteiger partial charge in [0.2, 0.25) is 5.95 Å². The van der Waals surface area contributed by atoms with E-state index in [0.717, 1.165) is 16.9 Å². The number of anilines is 1. The van der Waals surface area contributed by atoms with Crippen LogP contribution in [0.15, 0.2) is 88.8 Å². The van der Waals surface area contributed by atoms with Crippen molar-refractivity contribution in [3.63, 3.8) is 0 Å². The zero-order chi connectivity index (χ0) is 19.2. The molecule has 0 bridgehead atoms. The third kappa shape index (κ3) is 4.24. The number of aromatic amines is 1. The highest BCUT2D eigenvalue weighted by Crippen LogP contribution is 2.13. The van der Waals surface area contributed by atoms with Gasteiger partial charge >= 0.3 is 0 Å². The summed E-state index contributed by atoms with van der Waals surface area (Å²) < 4.78 is 5.77. The molecule has 28 heavy (non-hydrogen) atoms. The van der Waals surface area contributed by atoms with E-state index in [4.69, 9.17) is 4.74 Å². The topological polar surface area (TPSA) is 79.4 Å². The van der Waals surface area contributed by atoms with E-state index >= 15 is 0 Å². The van der Waals surface area contributed by atoms with Crippen molar-refractivity contribution in [2.45, 2.75) is 6.61 Å². The maximum absolute atomic E-state index is 12.0. The molecule has 2 N–H and O–H groups in total. The van der Waals surface area contributed by atoms with E-state index in [1.54, 1.807) is 24.4 Å². The number of hydrazone groups is 1. The lowest BCUT2D eigenvalue weighted by molar-refractivity contribution is 0.306. The van der Waals surface area contributed by atoms with Gasteiger partial charge in [-0.25, -0.2) is 10.4 Å². The molecule has 0 radical (unpaired) electrons. The van der Waals surface area contributed by atoms with Crippen LogP contribution in [0.2, 0.25) is 0 Å². The highest BCUT2D eigenvalue weighted by molar-refractivity contribution is 5.81. The van der Waals surface area contributed by atoms with E-state index in [1.165, 1.54) is 0 Å². The van der Waals surface area contributed by atoms with Crippen LogP contribution < -0.4 is 15.7 Å². The van der Waals surface area contributed by atoms with E-state index in [-0.39, 0.29) is 5.56 Å². The lowest BCUT2D eigenvalue weighted by atomic mass is 10.2. The number of benzene rings is 3. The molecular weight excluding hydrogens is 352 g/mol. The Morgan fingerprint density at radius 1 is 0.964 bits per heavy atom. The molecule has 0 unspecified atom stereocenters. The first-order valence-electron chi connectivity index (χ1n) is 8.83. The van der Waals surface area contributed by atoms with Crippen molar-refractivity contribution in [3.05, 3.63) is 100 Å². The fourth-order valence-corrected chi connectivity index (χ4v) is 2.70. The first-order chi connectivity index (χ1) is 13.8. The molecule has 4 rings (SSSR count). The second-order valence-corrected chi connectivity index (χ2v) is 6.14. The Morgan fingerprint density at radius 2 is 1.71 bits per heavy atom. The second kappa shape index (κ2) is 8.18. The van der Waals surface area contributed by atoms with E-state index in [0.29, 0.717) is 23.5 Å². The van der Waals surface area contributed by atoms with Crippen LogP contribution in [0, 0.1) is 0 Å². The Morgan fingerprint density at radius 3 is 2.54 bits per heavy atom.